The SMILES string of the molecule is OC(Cc1ccncc1)c1ccc(Cl)nc1. The van der Waals surface area contributed by atoms with E-state index >= 15 is 0 Å². The summed E-state index contributed by atoms with van der Waals surface area (Å²) in [6, 6.07) is 7.22. The summed E-state index contributed by atoms with van der Waals surface area (Å²) in [6.07, 6.45) is 5.00. The van der Waals surface area contributed by atoms with Gasteiger partial charge in [-0.25, -0.2) is 4.98 Å². The van der Waals surface area contributed by atoms with E-state index in [1.165, 1.54) is 0 Å². The molecule has 0 aliphatic rings. The number of hydrogen-bond acceptors (Lipinski definition) is 3. The number of aromatic nitrogens is 2. The maximum atomic E-state index is 9.96. The number of hydrogen-bond donors (Lipinski definition) is 1. The van der Waals surface area contributed by atoms with Gasteiger partial charge in [-0.3, -0.25) is 4.98 Å². The first kappa shape index (κ1) is 11.0. The van der Waals surface area contributed by atoms with E-state index < -0.39 is 6.10 Å². The summed E-state index contributed by atoms with van der Waals surface area (Å²) in [4.78, 5) is 7.86. The smallest absolute Gasteiger partial charge is 0.129 e. The fourth-order valence-corrected chi connectivity index (χ4v) is 1.56. The molecule has 4 heteroatoms. The molecule has 1 unspecified atom stereocenters. The molecule has 0 saturated heterocycles. The van der Waals surface area contributed by atoms with Gasteiger partial charge < -0.3 is 5.11 Å². The van der Waals surface area contributed by atoms with Crippen LogP contribution in [-0.2, 0) is 6.42 Å². The van der Waals surface area contributed by atoms with Gasteiger partial charge in [0.15, 0.2) is 0 Å². The Kier molecular flexibility index (Phi) is 3.49. The van der Waals surface area contributed by atoms with Gasteiger partial charge in [0.25, 0.3) is 0 Å². The van der Waals surface area contributed by atoms with Crippen LogP contribution >= 0.6 is 11.6 Å². The van der Waals surface area contributed by atoms with Crippen molar-refractivity contribution in [2.45, 2.75) is 12.5 Å². The molecular formula is C12H11ClN2O. The first-order valence-corrected chi connectivity index (χ1v) is 5.32. The second kappa shape index (κ2) is 5.05. The molecule has 0 saturated carbocycles. The molecule has 0 fully saturated rings. The summed E-state index contributed by atoms with van der Waals surface area (Å²) in [7, 11) is 0. The van der Waals surface area contributed by atoms with Crippen molar-refractivity contribution in [1.29, 1.82) is 0 Å². The molecule has 0 aromatic carbocycles. The maximum absolute atomic E-state index is 9.96. The summed E-state index contributed by atoms with van der Waals surface area (Å²) in [5.74, 6) is 0. The van der Waals surface area contributed by atoms with Crippen LogP contribution in [0.25, 0.3) is 0 Å². The van der Waals surface area contributed by atoms with Gasteiger partial charge in [0.2, 0.25) is 0 Å². The Morgan fingerprint density at radius 2 is 1.94 bits per heavy atom. The molecule has 0 aliphatic carbocycles. The minimum Gasteiger partial charge on any atom is -0.388 e. The molecule has 2 aromatic heterocycles. The fraction of sp³-hybridized carbons (Fsp3) is 0.167. The van der Waals surface area contributed by atoms with Crippen molar-refractivity contribution in [3.05, 3.63) is 59.1 Å². The summed E-state index contributed by atoms with van der Waals surface area (Å²) < 4.78 is 0. The van der Waals surface area contributed by atoms with Crippen LogP contribution < -0.4 is 0 Å². The zero-order chi connectivity index (χ0) is 11.4. The molecule has 82 valence electrons. The summed E-state index contributed by atoms with van der Waals surface area (Å²) in [5, 5.41) is 10.4. The lowest BCUT2D eigenvalue weighted by atomic mass is 10.0. The number of nitrogens with zero attached hydrogens (tertiary/aromatic N) is 2. The Balaban J connectivity index is 2.09. The maximum Gasteiger partial charge on any atom is 0.129 e. The van der Waals surface area contributed by atoms with Crippen molar-refractivity contribution in [3.8, 4) is 0 Å². The van der Waals surface area contributed by atoms with Crippen LogP contribution in [0.15, 0.2) is 42.9 Å². The normalized spacial score (nSPS) is 12.4. The highest BCUT2D eigenvalue weighted by atomic mass is 35.5. The van der Waals surface area contributed by atoms with E-state index in [-0.39, 0.29) is 0 Å². The second-order valence-electron chi connectivity index (χ2n) is 3.49. The van der Waals surface area contributed by atoms with E-state index in [1.54, 1.807) is 30.7 Å². The van der Waals surface area contributed by atoms with Crippen molar-refractivity contribution in [2.75, 3.05) is 0 Å². The van der Waals surface area contributed by atoms with Crippen molar-refractivity contribution in [3.63, 3.8) is 0 Å². The third kappa shape index (κ3) is 2.78. The zero-order valence-electron chi connectivity index (χ0n) is 8.55. The standard InChI is InChI=1S/C12H11ClN2O/c13-12-2-1-10(8-15-12)11(16)7-9-3-5-14-6-4-9/h1-6,8,11,16H,7H2. The van der Waals surface area contributed by atoms with E-state index in [0.29, 0.717) is 11.6 Å². The van der Waals surface area contributed by atoms with Gasteiger partial charge in [-0.1, -0.05) is 17.7 Å². The van der Waals surface area contributed by atoms with Gasteiger partial charge in [-0.15, -0.1) is 0 Å². The summed E-state index contributed by atoms with van der Waals surface area (Å²) >= 11 is 5.68. The van der Waals surface area contributed by atoms with Gasteiger partial charge in [0.1, 0.15) is 5.15 Å². The van der Waals surface area contributed by atoms with Crippen molar-refractivity contribution in [1.82, 2.24) is 9.97 Å². The number of aliphatic hydroxyl groups excluding tert-OH is 1. The predicted molar refractivity (Wildman–Crippen MR) is 62.1 cm³/mol. The highest BCUT2D eigenvalue weighted by molar-refractivity contribution is 6.29. The van der Waals surface area contributed by atoms with Crippen molar-refractivity contribution in [2.24, 2.45) is 0 Å². The van der Waals surface area contributed by atoms with Crippen molar-refractivity contribution < 1.29 is 5.11 Å². The molecule has 3 nitrogen and oxygen atoms in total. The topological polar surface area (TPSA) is 46.0 Å². The molecule has 16 heavy (non-hydrogen) atoms. The van der Waals surface area contributed by atoms with Gasteiger partial charge >= 0.3 is 0 Å². The lowest BCUT2D eigenvalue weighted by Crippen LogP contribution is -2.02. The van der Waals surface area contributed by atoms with Crippen LogP contribution in [0.5, 0.6) is 0 Å². The lowest BCUT2D eigenvalue weighted by molar-refractivity contribution is 0.178. The van der Waals surface area contributed by atoms with E-state index in [2.05, 4.69) is 9.97 Å². The molecule has 0 radical (unpaired) electrons. The molecule has 2 heterocycles. The molecular weight excluding hydrogens is 224 g/mol. The van der Waals surface area contributed by atoms with Crippen LogP contribution in [0.4, 0.5) is 0 Å². The molecule has 1 N–H and O–H groups in total. The van der Waals surface area contributed by atoms with E-state index in [0.717, 1.165) is 11.1 Å². The summed E-state index contributed by atoms with van der Waals surface area (Å²) in [6.45, 7) is 0. The van der Waals surface area contributed by atoms with Crippen molar-refractivity contribution >= 4 is 11.6 Å². The molecule has 0 spiro atoms. The van der Waals surface area contributed by atoms with Crippen LogP contribution in [0.2, 0.25) is 5.15 Å². The zero-order valence-corrected chi connectivity index (χ0v) is 9.30. The second-order valence-corrected chi connectivity index (χ2v) is 3.88. The fourth-order valence-electron chi connectivity index (χ4n) is 1.44. The average Bonchev–Trinajstić information content (AvgIpc) is 2.31. The molecule has 0 aliphatic heterocycles. The lowest BCUT2D eigenvalue weighted by Gasteiger charge is -2.10. The Hall–Kier alpha value is -1.45. The average molecular weight is 235 g/mol. The number of rotatable bonds is 3. The Labute approximate surface area is 98.8 Å². The van der Waals surface area contributed by atoms with E-state index in [9.17, 15) is 5.11 Å². The minimum atomic E-state index is -0.563. The Morgan fingerprint density at radius 1 is 1.19 bits per heavy atom. The molecule has 0 amide bonds. The van der Waals surface area contributed by atoms with Crippen LogP contribution in [0.1, 0.15) is 17.2 Å². The van der Waals surface area contributed by atoms with Gasteiger partial charge in [-0.2, -0.15) is 0 Å². The number of aliphatic hydroxyl groups is 1. The van der Waals surface area contributed by atoms with E-state index in [1.807, 2.05) is 12.1 Å². The molecule has 2 aromatic rings. The third-order valence-electron chi connectivity index (χ3n) is 2.31. The highest BCUT2D eigenvalue weighted by Crippen LogP contribution is 2.18. The number of halogens is 1. The Bertz CT molecular complexity index is 444. The van der Waals surface area contributed by atoms with Gasteiger partial charge in [-0.05, 0) is 29.3 Å². The highest BCUT2D eigenvalue weighted by Gasteiger charge is 2.08. The van der Waals surface area contributed by atoms with Crippen LogP contribution in [0, 0.1) is 0 Å². The molecule has 0 bridgehead atoms. The minimum absolute atomic E-state index is 0.430. The van der Waals surface area contributed by atoms with Gasteiger partial charge in [0.05, 0.1) is 6.10 Å². The van der Waals surface area contributed by atoms with Gasteiger partial charge in [0, 0.05) is 25.0 Å². The quantitative estimate of drug-likeness (QED) is 0.830. The first-order valence-electron chi connectivity index (χ1n) is 4.94. The van der Waals surface area contributed by atoms with Crippen LogP contribution in [0.3, 0.4) is 0 Å². The van der Waals surface area contributed by atoms with E-state index in [4.69, 9.17) is 11.6 Å². The number of pyridine rings is 2. The first-order chi connectivity index (χ1) is 7.75. The molecule has 2 rings (SSSR count). The summed E-state index contributed by atoms with van der Waals surface area (Å²) in [5.41, 5.74) is 1.80. The Morgan fingerprint density at radius 3 is 2.56 bits per heavy atom. The van der Waals surface area contributed by atoms with Crippen LogP contribution in [-0.4, -0.2) is 15.1 Å². The monoisotopic (exact) mass is 234 g/mol. The molecule has 1 atom stereocenters. The largest absolute Gasteiger partial charge is 0.388 e. The predicted octanol–water partition coefficient (Wildman–Crippen LogP) is 2.41. The third-order valence-corrected chi connectivity index (χ3v) is 2.54.